The van der Waals surface area contributed by atoms with Gasteiger partial charge in [-0.2, -0.15) is 0 Å². The second kappa shape index (κ2) is 7.02. The normalized spacial score (nSPS) is 21.1. The fourth-order valence-corrected chi connectivity index (χ4v) is 4.23. The predicted octanol–water partition coefficient (Wildman–Crippen LogP) is 2.51. The number of piperidine rings is 1. The lowest BCUT2D eigenvalue weighted by Crippen LogP contribution is -2.51. The van der Waals surface area contributed by atoms with E-state index >= 15 is 0 Å². The number of benzene rings is 1. The highest BCUT2D eigenvalue weighted by Gasteiger charge is 2.46. The molecule has 0 saturated carbocycles. The number of hydrogen-bond acceptors (Lipinski definition) is 5. The van der Waals surface area contributed by atoms with Gasteiger partial charge in [0.15, 0.2) is 0 Å². The van der Waals surface area contributed by atoms with E-state index in [1.165, 1.54) is 7.11 Å². The number of esters is 1. The van der Waals surface area contributed by atoms with Gasteiger partial charge in [-0.15, -0.1) is 0 Å². The number of pyridine rings is 1. The second-order valence-corrected chi connectivity index (χ2v) is 7.29. The molecule has 1 aromatic heterocycles. The van der Waals surface area contributed by atoms with Gasteiger partial charge >= 0.3 is 5.97 Å². The molecule has 1 N–H and O–H groups in total. The summed E-state index contributed by atoms with van der Waals surface area (Å²) in [7, 11) is 1.38. The average Bonchev–Trinajstić information content (AvgIpc) is 3.04. The molecule has 2 aliphatic heterocycles. The first kappa shape index (κ1) is 17.5. The van der Waals surface area contributed by atoms with E-state index < -0.39 is 0 Å². The molecule has 2 saturated heterocycles. The van der Waals surface area contributed by atoms with Gasteiger partial charge in [-0.05, 0) is 37.0 Å². The van der Waals surface area contributed by atoms with Crippen LogP contribution in [-0.2, 0) is 9.53 Å². The molecule has 0 aliphatic carbocycles. The van der Waals surface area contributed by atoms with Crippen LogP contribution in [-0.4, -0.2) is 42.6 Å². The molecule has 1 atom stereocenters. The van der Waals surface area contributed by atoms with Crippen molar-refractivity contribution >= 4 is 17.7 Å². The summed E-state index contributed by atoms with van der Waals surface area (Å²) in [4.78, 5) is 31.1. The van der Waals surface area contributed by atoms with Crippen LogP contribution in [0.4, 0.5) is 5.82 Å². The third kappa shape index (κ3) is 3.27. The van der Waals surface area contributed by atoms with E-state index in [0.717, 1.165) is 37.9 Å². The second-order valence-electron chi connectivity index (χ2n) is 7.29. The summed E-state index contributed by atoms with van der Waals surface area (Å²) in [5.41, 5.74) is 1.38. The average molecular weight is 365 g/mol. The Hall–Kier alpha value is -2.89. The lowest BCUT2D eigenvalue weighted by atomic mass is 9.82. The summed E-state index contributed by atoms with van der Waals surface area (Å²) in [5, 5.41) is 3.26. The summed E-state index contributed by atoms with van der Waals surface area (Å²) in [6.07, 6.45) is 4.17. The summed E-state index contributed by atoms with van der Waals surface area (Å²) >= 11 is 0. The smallest absolute Gasteiger partial charge is 0.341 e. The third-order valence-electron chi connectivity index (χ3n) is 5.71. The third-order valence-corrected chi connectivity index (χ3v) is 5.71. The first-order valence-electron chi connectivity index (χ1n) is 9.27. The first-order valence-corrected chi connectivity index (χ1v) is 9.27. The minimum absolute atomic E-state index is 0.0850. The Morgan fingerprint density at radius 1 is 1.19 bits per heavy atom. The Morgan fingerprint density at radius 3 is 2.63 bits per heavy atom. The zero-order chi connectivity index (χ0) is 18.9. The fourth-order valence-electron chi connectivity index (χ4n) is 4.23. The van der Waals surface area contributed by atoms with Crippen LogP contribution in [0.1, 0.15) is 41.1 Å². The number of nitrogens with zero attached hydrogens (tertiary/aromatic N) is 2. The quantitative estimate of drug-likeness (QED) is 0.847. The number of rotatable bonds is 3. The monoisotopic (exact) mass is 365 g/mol. The molecule has 2 aliphatic rings. The van der Waals surface area contributed by atoms with Crippen LogP contribution in [0, 0.1) is 0 Å². The maximum atomic E-state index is 12.6. The van der Waals surface area contributed by atoms with Crippen molar-refractivity contribution in [2.45, 2.75) is 30.7 Å². The van der Waals surface area contributed by atoms with Gasteiger partial charge in [-0.25, -0.2) is 9.78 Å². The SMILES string of the molecule is COC(=O)c1cccnc1N1CCC2(CC1)C[C@@H](c1ccccc1)C(=O)N2. The van der Waals surface area contributed by atoms with Crippen molar-refractivity contribution in [1.29, 1.82) is 0 Å². The molecule has 1 spiro atoms. The van der Waals surface area contributed by atoms with Crippen molar-refractivity contribution in [2.75, 3.05) is 25.1 Å². The molecule has 1 aromatic carbocycles. The Kier molecular flexibility index (Phi) is 4.56. The van der Waals surface area contributed by atoms with E-state index in [4.69, 9.17) is 4.74 Å². The van der Waals surface area contributed by atoms with Crippen LogP contribution in [0.15, 0.2) is 48.7 Å². The number of methoxy groups -OCH3 is 1. The lowest BCUT2D eigenvalue weighted by molar-refractivity contribution is -0.121. The Labute approximate surface area is 158 Å². The standard InChI is InChI=1S/C21H23N3O3/c1-27-20(26)16-8-5-11-22-18(16)24-12-9-21(10-13-24)14-17(19(25)23-21)15-6-3-2-4-7-15/h2-8,11,17H,9-10,12-14H2,1H3,(H,23,25)/t17-/m0/s1. The van der Waals surface area contributed by atoms with Gasteiger partial charge in [-0.3, -0.25) is 4.79 Å². The Balaban J connectivity index is 1.49. The van der Waals surface area contributed by atoms with Crippen molar-refractivity contribution in [2.24, 2.45) is 0 Å². The molecule has 140 valence electrons. The number of ether oxygens (including phenoxy) is 1. The number of hydrogen-bond donors (Lipinski definition) is 1. The number of amides is 1. The summed E-state index contributed by atoms with van der Waals surface area (Å²) in [6, 6.07) is 13.4. The number of nitrogens with one attached hydrogen (secondary N) is 1. The van der Waals surface area contributed by atoms with Crippen molar-refractivity contribution in [3.8, 4) is 0 Å². The molecular weight excluding hydrogens is 342 g/mol. The Morgan fingerprint density at radius 2 is 1.93 bits per heavy atom. The summed E-state index contributed by atoms with van der Waals surface area (Å²) < 4.78 is 4.88. The highest BCUT2D eigenvalue weighted by atomic mass is 16.5. The molecule has 0 radical (unpaired) electrons. The van der Waals surface area contributed by atoms with Gasteiger partial charge in [-0.1, -0.05) is 30.3 Å². The van der Waals surface area contributed by atoms with Gasteiger partial charge in [0, 0.05) is 24.8 Å². The van der Waals surface area contributed by atoms with Gasteiger partial charge < -0.3 is 15.0 Å². The van der Waals surface area contributed by atoms with E-state index in [9.17, 15) is 9.59 Å². The van der Waals surface area contributed by atoms with Crippen molar-refractivity contribution in [3.63, 3.8) is 0 Å². The highest BCUT2D eigenvalue weighted by Crippen LogP contribution is 2.40. The molecule has 6 heteroatoms. The first-order chi connectivity index (χ1) is 13.1. The minimum Gasteiger partial charge on any atom is -0.465 e. The van der Waals surface area contributed by atoms with Crippen molar-refractivity contribution in [3.05, 3.63) is 59.8 Å². The molecular formula is C21H23N3O3. The van der Waals surface area contributed by atoms with Crippen LogP contribution >= 0.6 is 0 Å². The van der Waals surface area contributed by atoms with Crippen molar-refractivity contribution in [1.82, 2.24) is 10.3 Å². The molecule has 2 fully saturated rings. The molecule has 4 rings (SSSR count). The van der Waals surface area contributed by atoms with Crippen LogP contribution in [0.3, 0.4) is 0 Å². The van der Waals surface area contributed by atoms with E-state index in [0.29, 0.717) is 11.4 Å². The number of anilines is 1. The van der Waals surface area contributed by atoms with E-state index in [1.54, 1.807) is 18.3 Å². The molecule has 2 aromatic rings. The molecule has 3 heterocycles. The molecule has 27 heavy (non-hydrogen) atoms. The van der Waals surface area contributed by atoms with E-state index in [2.05, 4.69) is 15.2 Å². The lowest BCUT2D eigenvalue weighted by Gasteiger charge is -2.40. The molecule has 1 amide bonds. The predicted molar refractivity (Wildman–Crippen MR) is 102 cm³/mol. The summed E-state index contributed by atoms with van der Waals surface area (Å²) in [5.74, 6) is 0.306. The van der Waals surface area contributed by atoms with Crippen LogP contribution in [0.25, 0.3) is 0 Å². The number of aromatic nitrogens is 1. The maximum Gasteiger partial charge on any atom is 0.341 e. The number of carbonyl (C=O) groups is 2. The van der Waals surface area contributed by atoms with Crippen molar-refractivity contribution < 1.29 is 14.3 Å². The van der Waals surface area contributed by atoms with Gasteiger partial charge in [0.05, 0.1) is 13.0 Å². The van der Waals surface area contributed by atoms with Crippen LogP contribution < -0.4 is 10.2 Å². The zero-order valence-corrected chi connectivity index (χ0v) is 15.4. The fraction of sp³-hybridized carbons (Fsp3) is 0.381. The van der Waals surface area contributed by atoms with Gasteiger partial charge in [0.1, 0.15) is 11.4 Å². The van der Waals surface area contributed by atoms with E-state index in [1.807, 2.05) is 30.3 Å². The number of carbonyl (C=O) groups excluding carboxylic acids is 2. The van der Waals surface area contributed by atoms with E-state index in [-0.39, 0.29) is 23.3 Å². The highest BCUT2D eigenvalue weighted by molar-refractivity contribution is 5.94. The maximum absolute atomic E-state index is 12.6. The molecule has 6 nitrogen and oxygen atoms in total. The minimum atomic E-state index is -0.378. The topological polar surface area (TPSA) is 71.5 Å². The largest absolute Gasteiger partial charge is 0.465 e. The summed E-state index contributed by atoms with van der Waals surface area (Å²) in [6.45, 7) is 1.48. The zero-order valence-electron chi connectivity index (χ0n) is 15.4. The van der Waals surface area contributed by atoms with Gasteiger partial charge in [0.2, 0.25) is 5.91 Å². The Bertz CT molecular complexity index is 845. The van der Waals surface area contributed by atoms with Crippen LogP contribution in [0.2, 0.25) is 0 Å². The van der Waals surface area contributed by atoms with Gasteiger partial charge in [0.25, 0.3) is 0 Å². The van der Waals surface area contributed by atoms with Crippen LogP contribution in [0.5, 0.6) is 0 Å². The molecule has 0 unspecified atom stereocenters. The molecule has 0 bridgehead atoms.